The molecule has 27 heavy (non-hydrogen) atoms. The van der Waals surface area contributed by atoms with Crippen molar-refractivity contribution in [3.63, 3.8) is 0 Å². The van der Waals surface area contributed by atoms with Crippen LogP contribution in [0.4, 0.5) is 11.4 Å². The minimum atomic E-state index is -0.534. The second-order valence-electron chi connectivity index (χ2n) is 6.38. The number of anilines is 1. The number of nitro benzene ring substituents is 1. The molecule has 1 aromatic rings. The molecule has 2 N–H and O–H groups in total. The van der Waals surface area contributed by atoms with Gasteiger partial charge >= 0.3 is 5.97 Å². The number of cyclic esters (lactones) is 1. The maximum atomic E-state index is 12.1. The summed E-state index contributed by atoms with van der Waals surface area (Å²) in [5.74, 6) is -1.37. The first-order valence-corrected chi connectivity index (χ1v) is 8.82. The molecule has 0 radical (unpaired) electrons. The monoisotopic (exact) mass is 395 g/mol. The Balaban J connectivity index is 1.78. The molecule has 9 nitrogen and oxygen atoms in total. The largest absolute Gasteiger partial charge is 0.460 e. The Hall–Kier alpha value is -2.59. The lowest BCUT2D eigenvalue weighted by molar-refractivity contribution is -0.384. The lowest BCUT2D eigenvalue weighted by atomic mass is 10.0. The minimum Gasteiger partial charge on any atom is -0.460 e. The van der Waals surface area contributed by atoms with Crippen LogP contribution >= 0.6 is 12.2 Å². The van der Waals surface area contributed by atoms with Crippen molar-refractivity contribution in [1.29, 1.82) is 0 Å². The second kappa shape index (κ2) is 9.38. The highest BCUT2D eigenvalue weighted by Gasteiger charge is 2.36. The molecular weight excluding hydrogens is 374 g/mol. The number of nitro groups is 1. The van der Waals surface area contributed by atoms with Crippen LogP contribution in [0.1, 0.15) is 26.7 Å². The normalized spacial score (nSPS) is 18.9. The molecule has 2 rings (SSSR count). The number of rotatable bonds is 7. The van der Waals surface area contributed by atoms with Gasteiger partial charge in [0, 0.05) is 30.7 Å². The first-order valence-electron chi connectivity index (χ1n) is 8.42. The number of benzene rings is 1. The standard InChI is InChI=1S/C17H21N3O6S/c1-10(2)25-9-14-7-11(16(22)26-14)8-15(21)19-17(27)18-12-3-5-13(6-4-12)20(23)24/h3-6,10-11,14H,7-9H2,1-2H3,(H2,18,19,21,27). The van der Waals surface area contributed by atoms with Gasteiger partial charge in [0.05, 0.1) is 23.6 Å². The highest BCUT2D eigenvalue weighted by atomic mass is 32.1. The summed E-state index contributed by atoms with van der Waals surface area (Å²) >= 11 is 5.05. The number of amides is 1. The third kappa shape index (κ3) is 6.57. The van der Waals surface area contributed by atoms with Crippen LogP contribution in [0, 0.1) is 16.0 Å². The van der Waals surface area contributed by atoms with Gasteiger partial charge in [-0.1, -0.05) is 0 Å². The number of esters is 1. The van der Waals surface area contributed by atoms with Gasteiger partial charge in [0.25, 0.3) is 5.69 Å². The number of carbonyl (C=O) groups excluding carboxylic acids is 2. The van der Waals surface area contributed by atoms with E-state index < -0.39 is 22.7 Å². The van der Waals surface area contributed by atoms with Crippen LogP contribution in [0.15, 0.2) is 24.3 Å². The molecule has 2 unspecified atom stereocenters. The summed E-state index contributed by atoms with van der Waals surface area (Å²) in [7, 11) is 0. The van der Waals surface area contributed by atoms with Crippen LogP contribution in [-0.4, -0.2) is 40.7 Å². The molecule has 10 heteroatoms. The number of hydrogen-bond acceptors (Lipinski definition) is 7. The van der Waals surface area contributed by atoms with Crippen LogP contribution in [0.2, 0.25) is 0 Å². The molecular formula is C17H21N3O6S. The van der Waals surface area contributed by atoms with E-state index in [2.05, 4.69) is 10.6 Å². The first kappa shape index (κ1) is 20.7. The van der Waals surface area contributed by atoms with E-state index in [-0.39, 0.29) is 29.4 Å². The Bertz CT molecular complexity index is 722. The van der Waals surface area contributed by atoms with Gasteiger partial charge in [-0.2, -0.15) is 0 Å². The third-order valence-corrected chi connectivity index (χ3v) is 4.00. The highest BCUT2D eigenvalue weighted by molar-refractivity contribution is 7.80. The summed E-state index contributed by atoms with van der Waals surface area (Å²) in [6.45, 7) is 4.09. The van der Waals surface area contributed by atoms with E-state index in [4.69, 9.17) is 21.7 Å². The molecule has 0 aliphatic carbocycles. The third-order valence-electron chi connectivity index (χ3n) is 3.80. The zero-order valence-corrected chi connectivity index (χ0v) is 15.8. The topological polar surface area (TPSA) is 120 Å². The van der Waals surface area contributed by atoms with Crippen molar-refractivity contribution in [3.8, 4) is 0 Å². The molecule has 1 saturated heterocycles. The predicted octanol–water partition coefficient (Wildman–Crippen LogP) is 2.15. The van der Waals surface area contributed by atoms with Crippen molar-refractivity contribution in [2.75, 3.05) is 11.9 Å². The number of carbonyl (C=O) groups is 2. The van der Waals surface area contributed by atoms with Crippen molar-refractivity contribution in [2.24, 2.45) is 5.92 Å². The number of ether oxygens (including phenoxy) is 2. The number of non-ortho nitro benzene ring substituents is 1. The molecule has 1 aromatic carbocycles. The van der Waals surface area contributed by atoms with Gasteiger partial charge in [-0.3, -0.25) is 19.7 Å². The van der Waals surface area contributed by atoms with Crippen LogP contribution in [0.5, 0.6) is 0 Å². The predicted molar refractivity (Wildman–Crippen MR) is 101 cm³/mol. The summed E-state index contributed by atoms with van der Waals surface area (Å²) in [6.07, 6.45) is 0.0671. The smallest absolute Gasteiger partial charge is 0.309 e. The Labute approximate surface area is 161 Å². The van der Waals surface area contributed by atoms with Crippen molar-refractivity contribution < 1.29 is 24.0 Å². The summed E-state index contributed by atoms with van der Waals surface area (Å²) < 4.78 is 10.6. The maximum absolute atomic E-state index is 12.1. The van der Waals surface area contributed by atoms with E-state index in [1.54, 1.807) is 0 Å². The second-order valence-corrected chi connectivity index (χ2v) is 6.79. The van der Waals surface area contributed by atoms with Crippen molar-refractivity contribution in [3.05, 3.63) is 34.4 Å². The average Bonchev–Trinajstić information content (AvgIpc) is 2.93. The van der Waals surface area contributed by atoms with Gasteiger partial charge in [0.2, 0.25) is 5.91 Å². The Kier molecular flexibility index (Phi) is 7.19. The molecule has 1 fully saturated rings. The average molecular weight is 395 g/mol. The molecule has 146 valence electrons. The molecule has 1 aliphatic heterocycles. The van der Waals surface area contributed by atoms with Gasteiger partial charge in [0.1, 0.15) is 6.10 Å². The molecule has 0 spiro atoms. The Morgan fingerprint density at radius 2 is 2.07 bits per heavy atom. The van der Waals surface area contributed by atoms with E-state index in [9.17, 15) is 19.7 Å². The zero-order valence-electron chi connectivity index (χ0n) is 15.0. The fraction of sp³-hybridized carbons (Fsp3) is 0.471. The van der Waals surface area contributed by atoms with Gasteiger partial charge in [-0.05, 0) is 38.2 Å². The highest BCUT2D eigenvalue weighted by Crippen LogP contribution is 2.24. The summed E-state index contributed by atoms with van der Waals surface area (Å²) in [4.78, 5) is 34.1. The van der Waals surface area contributed by atoms with Gasteiger partial charge in [-0.25, -0.2) is 0 Å². The Morgan fingerprint density at radius 3 is 2.67 bits per heavy atom. The van der Waals surface area contributed by atoms with Crippen molar-refractivity contribution in [1.82, 2.24) is 5.32 Å². The van der Waals surface area contributed by atoms with Crippen molar-refractivity contribution >= 4 is 40.6 Å². The fourth-order valence-corrected chi connectivity index (χ4v) is 2.75. The van der Waals surface area contributed by atoms with Gasteiger partial charge < -0.3 is 20.1 Å². The first-order chi connectivity index (χ1) is 12.7. The SMILES string of the molecule is CC(C)OCC1CC(CC(=O)NC(=S)Nc2ccc([N+](=O)[O-])cc2)C(=O)O1. The zero-order chi connectivity index (χ0) is 20.0. The lowest BCUT2D eigenvalue weighted by Crippen LogP contribution is -2.35. The van der Waals surface area contributed by atoms with Crippen LogP contribution in [0.3, 0.4) is 0 Å². The van der Waals surface area contributed by atoms with Crippen LogP contribution in [0.25, 0.3) is 0 Å². The quantitative estimate of drug-likeness (QED) is 0.312. The van der Waals surface area contributed by atoms with Crippen molar-refractivity contribution in [2.45, 2.75) is 38.9 Å². The van der Waals surface area contributed by atoms with Gasteiger partial charge in [-0.15, -0.1) is 0 Å². The number of nitrogens with zero attached hydrogens (tertiary/aromatic N) is 1. The molecule has 1 aliphatic rings. The van der Waals surface area contributed by atoms with E-state index in [0.717, 1.165) is 0 Å². The van der Waals surface area contributed by atoms with E-state index in [1.807, 2.05) is 13.8 Å². The summed E-state index contributed by atoms with van der Waals surface area (Å²) in [5.41, 5.74) is 0.448. The molecule has 0 saturated carbocycles. The van der Waals surface area contributed by atoms with E-state index >= 15 is 0 Å². The number of thiocarbonyl (C=S) groups is 1. The molecule has 0 aromatic heterocycles. The van der Waals surface area contributed by atoms with Gasteiger partial charge in [0.15, 0.2) is 5.11 Å². The molecule has 2 atom stereocenters. The molecule has 0 bridgehead atoms. The maximum Gasteiger partial charge on any atom is 0.309 e. The summed E-state index contributed by atoms with van der Waals surface area (Å²) in [5, 5.41) is 15.9. The summed E-state index contributed by atoms with van der Waals surface area (Å²) in [6, 6.07) is 5.59. The Morgan fingerprint density at radius 1 is 1.41 bits per heavy atom. The number of hydrogen-bond donors (Lipinski definition) is 2. The number of nitrogens with one attached hydrogen (secondary N) is 2. The molecule has 1 amide bonds. The molecule has 1 heterocycles. The fourth-order valence-electron chi connectivity index (χ4n) is 2.52. The van der Waals surface area contributed by atoms with E-state index in [0.29, 0.717) is 18.7 Å². The van der Waals surface area contributed by atoms with Crippen LogP contribution in [-0.2, 0) is 19.1 Å². The van der Waals surface area contributed by atoms with E-state index in [1.165, 1.54) is 24.3 Å². The van der Waals surface area contributed by atoms with Crippen LogP contribution < -0.4 is 10.6 Å². The lowest BCUT2D eigenvalue weighted by Gasteiger charge is -2.12. The minimum absolute atomic E-state index is 0.0360.